The first-order chi connectivity index (χ1) is 14.9. The Balaban J connectivity index is 1.56. The minimum absolute atomic E-state index is 0.0253. The van der Waals surface area contributed by atoms with Gasteiger partial charge in [-0.3, -0.25) is 4.98 Å². The highest BCUT2D eigenvalue weighted by molar-refractivity contribution is 6.32. The van der Waals surface area contributed by atoms with Gasteiger partial charge in [-0.15, -0.1) is 5.10 Å². The maximum Gasteiger partial charge on any atom is 0.322 e. The van der Waals surface area contributed by atoms with Crippen molar-refractivity contribution < 1.29 is 9.13 Å². The maximum atomic E-state index is 13.6. The second-order valence-electron chi connectivity index (χ2n) is 7.32. The fraction of sp³-hybridized carbons (Fsp3) is 0.174. The molecule has 0 radical (unpaired) electrons. The summed E-state index contributed by atoms with van der Waals surface area (Å²) in [6.07, 6.45) is 1.80. The highest BCUT2D eigenvalue weighted by Gasteiger charge is 2.17. The molecule has 31 heavy (non-hydrogen) atoms. The van der Waals surface area contributed by atoms with Crippen molar-refractivity contribution in [2.45, 2.75) is 26.8 Å². The SMILES string of the molecule is Cc1cc(-c2ccc(Nc3nc(Oc4cc(F)ccc4Cl)n(C(C)C)n3)cc2)ccn1. The summed E-state index contributed by atoms with van der Waals surface area (Å²) < 4.78 is 21.0. The van der Waals surface area contributed by atoms with Crippen LogP contribution in [-0.4, -0.2) is 19.7 Å². The molecule has 0 atom stereocenters. The summed E-state index contributed by atoms with van der Waals surface area (Å²) in [5.74, 6) is 0.0982. The zero-order valence-electron chi connectivity index (χ0n) is 17.3. The van der Waals surface area contributed by atoms with Gasteiger partial charge >= 0.3 is 6.01 Å². The second-order valence-corrected chi connectivity index (χ2v) is 7.73. The number of aryl methyl sites for hydroxylation is 1. The first kappa shape index (κ1) is 20.8. The first-order valence-corrected chi connectivity index (χ1v) is 10.2. The number of nitrogens with zero attached hydrogens (tertiary/aromatic N) is 4. The Bertz CT molecular complexity index is 1210. The average molecular weight is 438 g/mol. The molecule has 8 heteroatoms. The van der Waals surface area contributed by atoms with Crippen molar-refractivity contribution in [3.05, 3.63) is 77.3 Å². The maximum absolute atomic E-state index is 13.6. The lowest BCUT2D eigenvalue weighted by atomic mass is 10.1. The summed E-state index contributed by atoms with van der Waals surface area (Å²) in [4.78, 5) is 8.65. The van der Waals surface area contributed by atoms with E-state index in [0.29, 0.717) is 5.95 Å². The number of nitrogens with one attached hydrogen (secondary N) is 1. The molecule has 2 aromatic carbocycles. The normalized spacial score (nSPS) is 11.0. The van der Waals surface area contributed by atoms with Gasteiger partial charge in [-0.2, -0.15) is 4.98 Å². The van der Waals surface area contributed by atoms with E-state index in [-0.39, 0.29) is 22.8 Å². The third kappa shape index (κ3) is 4.83. The fourth-order valence-electron chi connectivity index (χ4n) is 3.02. The molecule has 0 saturated carbocycles. The van der Waals surface area contributed by atoms with Crippen LogP contribution in [0.4, 0.5) is 16.0 Å². The molecule has 0 bridgehead atoms. The summed E-state index contributed by atoms with van der Waals surface area (Å²) in [5.41, 5.74) is 3.98. The number of halogens is 2. The van der Waals surface area contributed by atoms with E-state index in [1.807, 2.05) is 57.2 Å². The number of hydrogen-bond donors (Lipinski definition) is 1. The summed E-state index contributed by atoms with van der Waals surface area (Å²) >= 11 is 6.12. The zero-order valence-corrected chi connectivity index (χ0v) is 18.1. The topological polar surface area (TPSA) is 64.9 Å². The van der Waals surface area contributed by atoms with Crippen LogP contribution in [0.2, 0.25) is 5.02 Å². The molecule has 2 heterocycles. The summed E-state index contributed by atoms with van der Waals surface area (Å²) in [7, 11) is 0. The van der Waals surface area contributed by atoms with Crippen LogP contribution in [-0.2, 0) is 0 Å². The van der Waals surface area contributed by atoms with Gasteiger partial charge in [0, 0.05) is 23.6 Å². The molecule has 0 aliphatic heterocycles. The largest absolute Gasteiger partial charge is 0.423 e. The van der Waals surface area contributed by atoms with Gasteiger partial charge in [-0.05, 0) is 68.3 Å². The molecular formula is C23H21ClFN5O. The van der Waals surface area contributed by atoms with Crippen LogP contribution in [0.3, 0.4) is 0 Å². The third-order valence-electron chi connectivity index (χ3n) is 4.55. The molecule has 0 aliphatic carbocycles. The highest BCUT2D eigenvalue weighted by Crippen LogP contribution is 2.31. The van der Waals surface area contributed by atoms with Crippen molar-refractivity contribution in [2.24, 2.45) is 0 Å². The number of rotatable bonds is 6. The number of pyridine rings is 1. The smallest absolute Gasteiger partial charge is 0.322 e. The molecule has 0 fully saturated rings. The lowest BCUT2D eigenvalue weighted by Gasteiger charge is -2.10. The van der Waals surface area contributed by atoms with E-state index in [1.165, 1.54) is 18.2 Å². The Kier molecular flexibility index (Phi) is 5.86. The van der Waals surface area contributed by atoms with Gasteiger partial charge in [0.1, 0.15) is 5.82 Å². The van der Waals surface area contributed by atoms with E-state index >= 15 is 0 Å². The van der Waals surface area contributed by atoms with E-state index in [0.717, 1.165) is 22.5 Å². The molecular weight excluding hydrogens is 417 g/mol. The predicted octanol–water partition coefficient (Wildman–Crippen LogP) is 6.56. The molecule has 158 valence electrons. The average Bonchev–Trinajstić information content (AvgIpc) is 3.14. The lowest BCUT2D eigenvalue weighted by Crippen LogP contribution is -2.05. The highest BCUT2D eigenvalue weighted by atomic mass is 35.5. The van der Waals surface area contributed by atoms with E-state index in [9.17, 15) is 4.39 Å². The summed E-state index contributed by atoms with van der Waals surface area (Å²) in [6.45, 7) is 5.86. The number of ether oxygens (including phenoxy) is 1. The molecule has 0 spiro atoms. The number of benzene rings is 2. The standard InChI is InChI=1S/C23H21ClFN5O/c1-14(2)30-23(31-21-13-18(25)6-9-20(21)24)28-22(29-30)27-19-7-4-16(5-8-19)17-10-11-26-15(3)12-17/h4-14H,1-3H3,(H,27,29). The minimum atomic E-state index is -0.446. The molecule has 1 N–H and O–H groups in total. The van der Waals surface area contributed by atoms with Crippen molar-refractivity contribution in [1.82, 2.24) is 19.7 Å². The Morgan fingerprint density at radius 1 is 1.03 bits per heavy atom. The van der Waals surface area contributed by atoms with Crippen LogP contribution >= 0.6 is 11.6 Å². The molecule has 0 saturated heterocycles. The van der Waals surface area contributed by atoms with Gasteiger partial charge in [-0.1, -0.05) is 23.7 Å². The Morgan fingerprint density at radius 2 is 1.81 bits per heavy atom. The Hall–Kier alpha value is -3.45. The second kappa shape index (κ2) is 8.73. The van der Waals surface area contributed by atoms with Gasteiger partial charge in [0.25, 0.3) is 0 Å². The predicted molar refractivity (Wildman–Crippen MR) is 120 cm³/mol. The van der Waals surface area contributed by atoms with Gasteiger partial charge in [0.2, 0.25) is 5.95 Å². The van der Waals surface area contributed by atoms with Crippen LogP contribution in [0.1, 0.15) is 25.6 Å². The molecule has 4 aromatic rings. The molecule has 0 aliphatic rings. The van der Waals surface area contributed by atoms with Crippen molar-refractivity contribution in [2.75, 3.05) is 5.32 Å². The monoisotopic (exact) mass is 437 g/mol. The van der Waals surface area contributed by atoms with Crippen LogP contribution < -0.4 is 10.1 Å². The van der Waals surface area contributed by atoms with Crippen LogP contribution in [0.5, 0.6) is 11.8 Å². The van der Waals surface area contributed by atoms with E-state index in [2.05, 4.69) is 20.4 Å². The van der Waals surface area contributed by atoms with Crippen LogP contribution in [0, 0.1) is 12.7 Å². The van der Waals surface area contributed by atoms with Gasteiger partial charge in [0.15, 0.2) is 5.75 Å². The fourth-order valence-corrected chi connectivity index (χ4v) is 3.18. The lowest BCUT2D eigenvalue weighted by molar-refractivity contribution is 0.375. The van der Waals surface area contributed by atoms with E-state index in [1.54, 1.807) is 10.9 Å². The van der Waals surface area contributed by atoms with Crippen molar-refractivity contribution in [1.29, 1.82) is 0 Å². The van der Waals surface area contributed by atoms with Gasteiger partial charge < -0.3 is 10.1 Å². The first-order valence-electron chi connectivity index (χ1n) is 9.78. The van der Waals surface area contributed by atoms with Gasteiger partial charge in [0.05, 0.1) is 11.1 Å². The van der Waals surface area contributed by atoms with Crippen LogP contribution in [0.15, 0.2) is 60.8 Å². The van der Waals surface area contributed by atoms with Gasteiger partial charge in [-0.25, -0.2) is 9.07 Å². The number of hydrogen-bond acceptors (Lipinski definition) is 5. The van der Waals surface area contributed by atoms with E-state index < -0.39 is 5.82 Å². The third-order valence-corrected chi connectivity index (χ3v) is 4.87. The summed E-state index contributed by atoms with van der Waals surface area (Å²) in [5, 5.41) is 7.94. The van der Waals surface area contributed by atoms with Crippen LogP contribution in [0.25, 0.3) is 11.1 Å². The van der Waals surface area contributed by atoms with E-state index in [4.69, 9.17) is 16.3 Å². The quantitative estimate of drug-likeness (QED) is 0.370. The minimum Gasteiger partial charge on any atom is -0.423 e. The van der Waals surface area contributed by atoms with Crippen molar-refractivity contribution >= 4 is 23.2 Å². The van der Waals surface area contributed by atoms with Crippen molar-refractivity contribution in [3.63, 3.8) is 0 Å². The zero-order chi connectivity index (χ0) is 22.0. The molecule has 6 nitrogen and oxygen atoms in total. The van der Waals surface area contributed by atoms with Crippen molar-refractivity contribution in [3.8, 4) is 22.9 Å². The molecule has 0 amide bonds. The molecule has 2 aromatic heterocycles. The number of aromatic nitrogens is 4. The number of anilines is 2. The molecule has 0 unspecified atom stereocenters. The molecule has 4 rings (SSSR count). The Morgan fingerprint density at radius 3 is 2.52 bits per heavy atom. The summed E-state index contributed by atoms with van der Waals surface area (Å²) in [6, 6.07) is 16.1. The Labute approximate surface area is 184 Å².